The Morgan fingerprint density at radius 2 is 2.00 bits per heavy atom. The molecule has 4 fully saturated rings. The Hall–Kier alpha value is -4.30. The number of phenolic OH excluding ortho intramolecular Hbond substituents is 1. The van der Waals surface area contributed by atoms with E-state index in [9.17, 15) is 13.9 Å². The van der Waals surface area contributed by atoms with Gasteiger partial charge in [0.05, 0.1) is 17.1 Å². The first-order chi connectivity index (χ1) is 22.3. The second kappa shape index (κ2) is 10.1. The lowest BCUT2D eigenvalue weighted by Crippen LogP contribution is -2.47. The van der Waals surface area contributed by atoms with Crippen molar-refractivity contribution in [3.63, 3.8) is 0 Å². The molecule has 46 heavy (non-hydrogen) atoms. The van der Waals surface area contributed by atoms with E-state index in [0.717, 1.165) is 38.6 Å². The summed E-state index contributed by atoms with van der Waals surface area (Å²) in [4.78, 5) is 18.5. The average Bonchev–Trinajstić information content (AvgIpc) is 3.75. The summed E-state index contributed by atoms with van der Waals surface area (Å²) in [6, 6.07) is 5.45. The maximum atomic E-state index is 17.0. The second-order valence-electron chi connectivity index (χ2n) is 13.5. The maximum absolute atomic E-state index is 17.0. The number of rotatable bonds is 4. The molecule has 8 nitrogen and oxygen atoms in total. The van der Waals surface area contributed by atoms with Gasteiger partial charge in [0.15, 0.2) is 5.82 Å². The smallest absolute Gasteiger partial charge is 0.319 e. The van der Waals surface area contributed by atoms with Gasteiger partial charge in [-0.05, 0) is 54.7 Å². The monoisotopic (exact) mass is 627 g/mol. The van der Waals surface area contributed by atoms with E-state index in [1.54, 1.807) is 0 Å². The summed E-state index contributed by atoms with van der Waals surface area (Å²) in [6.07, 6.45) is 10.2. The van der Waals surface area contributed by atoms with Crippen molar-refractivity contribution < 1.29 is 27.8 Å². The molecule has 0 spiro atoms. The first kappa shape index (κ1) is 28.0. The molecular formula is C35H32F3N5O3. The van der Waals surface area contributed by atoms with Gasteiger partial charge < -0.3 is 19.5 Å². The number of hydrogen-bond donors (Lipinski definition) is 1. The number of phenols is 1. The van der Waals surface area contributed by atoms with E-state index in [1.165, 1.54) is 24.3 Å². The van der Waals surface area contributed by atoms with Crippen LogP contribution in [0.2, 0.25) is 0 Å². The Bertz CT molecular complexity index is 1980. The molecule has 5 atom stereocenters. The molecular weight excluding hydrogens is 595 g/mol. The molecule has 1 aliphatic carbocycles. The van der Waals surface area contributed by atoms with Gasteiger partial charge in [-0.3, -0.25) is 4.90 Å². The maximum Gasteiger partial charge on any atom is 0.319 e. The van der Waals surface area contributed by atoms with Crippen LogP contribution in [0.3, 0.4) is 0 Å². The van der Waals surface area contributed by atoms with Gasteiger partial charge >= 0.3 is 6.01 Å². The largest absolute Gasteiger partial charge is 0.508 e. The third-order valence-electron chi connectivity index (χ3n) is 10.9. The topological polar surface area (TPSA) is 83.8 Å². The van der Waals surface area contributed by atoms with E-state index in [2.05, 4.69) is 25.7 Å². The lowest BCUT2D eigenvalue weighted by atomic mass is 9.92. The summed E-state index contributed by atoms with van der Waals surface area (Å²) in [7, 11) is 0. The molecule has 1 N–H and O–H groups in total. The van der Waals surface area contributed by atoms with Crippen LogP contribution < -0.4 is 14.4 Å². The van der Waals surface area contributed by atoms with Crippen molar-refractivity contribution in [1.82, 2.24) is 19.9 Å². The molecule has 3 saturated heterocycles. The quantitative estimate of drug-likeness (QED) is 0.286. The third kappa shape index (κ3) is 4.08. The highest BCUT2D eigenvalue weighted by Gasteiger charge is 2.66. The number of anilines is 1. The number of aromatic nitrogens is 3. The molecule has 6 heterocycles. The molecule has 0 bridgehead atoms. The fraction of sp³-hybridized carbons (Fsp3) is 0.457. The predicted molar refractivity (Wildman–Crippen MR) is 166 cm³/mol. The zero-order chi connectivity index (χ0) is 31.3. The Labute approximate surface area is 263 Å². The van der Waals surface area contributed by atoms with Crippen molar-refractivity contribution in [3.05, 3.63) is 41.5 Å². The van der Waals surface area contributed by atoms with Gasteiger partial charge in [0.25, 0.3) is 0 Å². The summed E-state index contributed by atoms with van der Waals surface area (Å²) >= 11 is 0. The Kier molecular flexibility index (Phi) is 6.14. The van der Waals surface area contributed by atoms with Crippen LogP contribution >= 0.6 is 0 Å². The zero-order valence-corrected chi connectivity index (χ0v) is 25.1. The summed E-state index contributed by atoms with van der Waals surface area (Å²) in [6.45, 7) is 2.50. The minimum atomic E-state index is -0.911. The number of halogens is 3. The van der Waals surface area contributed by atoms with E-state index < -0.39 is 23.3 Å². The number of nitrogens with zero attached hydrogens (tertiary/aromatic N) is 5. The van der Waals surface area contributed by atoms with Crippen LogP contribution in [0.1, 0.15) is 44.1 Å². The van der Waals surface area contributed by atoms with Crippen LogP contribution in [-0.4, -0.2) is 75.6 Å². The number of piperidine rings is 1. The Morgan fingerprint density at radius 1 is 1.11 bits per heavy atom. The van der Waals surface area contributed by atoms with Crippen molar-refractivity contribution in [2.24, 2.45) is 11.8 Å². The van der Waals surface area contributed by atoms with Gasteiger partial charge in [0.2, 0.25) is 5.88 Å². The first-order valence-electron chi connectivity index (χ1n) is 16.1. The van der Waals surface area contributed by atoms with Gasteiger partial charge in [0.1, 0.15) is 53.4 Å². The van der Waals surface area contributed by atoms with Gasteiger partial charge in [-0.1, -0.05) is 24.8 Å². The van der Waals surface area contributed by atoms with Crippen molar-refractivity contribution in [3.8, 4) is 41.2 Å². The lowest BCUT2D eigenvalue weighted by molar-refractivity contribution is 0.0828. The molecule has 0 amide bonds. The number of terminal acetylenes is 1. The first-order valence-corrected chi connectivity index (χ1v) is 16.1. The standard InChI is InChI=1S/C35H32F3N5O3/c1-2-23-26(37)8-7-18-10-22(44)12-24(27(18)23)30-29(38)31-28-32(43-9-5-3-4-6-21(43)16-45-33(28)39-30)41-34(40-31)46-17-35-13-20(36)15-42(35)14-19-11-25(19)35/h1,7-8,10,12,19-21,25,44H,3-6,9,11,13-17H2/t19?,20-,21+,25?,35?/m1/s1. The number of ether oxygens (including phenoxy) is 2. The summed E-state index contributed by atoms with van der Waals surface area (Å²) in [5.74, 6) is 2.36. The van der Waals surface area contributed by atoms with Gasteiger partial charge in [0, 0.05) is 37.0 Å². The fourth-order valence-corrected chi connectivity index (χ4v) is 8.69. The van der Waals surface area contributed by atoms with Gasteiger partial charge in [-0.25, -0.2) is 18.2 Å². The van der Waals surface area contributed by atoms with Crippen molar-refractivity contribution in [2.45, 2.75) is 56.3 Å². The molecule has 2 aromatic heterocycles. The Morgan fingerprint density at radius 3 is 2.87 bits per heavy atom. The molecule has 1 saturated carbocycles. The van der Waals surface area contributed by atoms with Gasteiger partial charge in [-0.15, -0.1) is 6.42 Å². The summed E-state index contributed by atoms with van der Waals surface area (Å²) in [5.41, 5.74) is -0.602. The van der Waals surface area contributed by atoms with E-state index in [1.807, 2.05) is 0 Å². The van der Waals surface area contributed by atoms with Crippen LogP contribution in [0.15, 0.2) is 24.3 Å². The third-order valence-corrected chi connectivity index (χ3v) is 10.9. The molecule has 0 radical (unpaired) electrons. The molecule has 3 unspecified atom stereocenters. The van der Waals surface area contributed by atoms with Gasteiger partial charge in [-0.2, -0.15) is 9.97 Å². The van der Waals surface area contributed by atoms with E-state index >= 15 is 4.39 Å². The van der Waals surface area contributed by atoms with E-state index in [-0.39, 0.29) is 58.0 Å². The average molecular weight is 628 g/mol. The van der Waals surface area contributed by atoms with Crippen LogP contribution in [0.5, 0.6) is 17.6 Å². The molecule has 236 valence electrons. The number of hydrogen-bond acceptors (Lipinski definition) is 8. The molecule has 2 aromatic carbocycles. The lowest BCUT2D eigenvalue weighted by Gasteiger charge is -2.34. The minimum absolute atomic E-state index is 0.00579. The van der Waals surface area contributed by atoms with Crippen LogP contribution in [0.25, 0.3) is 32.9 Å². The number of benzene rings is 2. The van der Waals surface area contributed by atoms with E-state index in [4.69, 9.17) is 20.9 Å². The highest BCUT2D eigenvalue weighted by atomic mass is 19.1. The molecule has 4 aliphatic heterocycles. The number of pyridine rings is 1. The highest BCUT2D eigenvalue weighted by molar-refractivity contribution is 6.04. The van der Waals surface area contributed by atoms with Crippen molar-refractivity contribution in [2.75, 3.05) is 37.7 Å². The summed E-state index contributed by atoms with van der Waals surface area (Å²) < 4.78 is 59.2. The predicted octanol–water partition coefficient (Wildman–Crippen LogP) is 5.76. The SMILES string of the molecule is C#Cc1c(F)ccc2cc(O)cc(-c3nc4c5c(nc(OCC67C[C@@H](F)CN6CC6CC67)nc5c3F)N3CCCCC[C@H]3CO4)c12. The van der Waals surface area contributed by atoms with Crippen LogP contribution in [0, 0.1) is 35.8 Å². The molecule has 11 heteroatoms. The van der Waals surface area contributed by atoms with Crippen molar-refractivity contribution >= 4 is 27.5 Å². The molecule has 5 aliphatic rings. The molecule has 4 aromatic rings. The second-order valence-corrected chi connectivity index (χ2v) is 13.5. The van der Waals surface area contributed by atoms with Crippen LogP contribution in [-0.2, 0) is 0 Å². The Balaban J connectivity index is 1.24. The summed E-state index contributed by atoms with van der Waals surface area (Å²) in [5, 5.41) is 11.6. The van der Waals surface area contributed by atoms with Crippen molar-refractivity contribution in [1.29, 1.82) is 0 Å². The minimum Gasteiger partial charge on any atom is -0.508 e. The molecule has 9 rings (SSSR count). The number of alkyl halides is 1. The highest BCUT2D eigenvalue weighted by Crippen LogP contribution is 2.60. The van der Waals surface area contributed by atoms with Crippen LogP contribution in [0.4, 0.5) is 19.0 Å². The number of fused-ring (bicyclic) bond motifs is 6. The zero-order valence-electron chi connectivity index (χ0n) is 25.1. The number of aromatic hydroxyl groups is 1. The fourth-order valence-electron chi connectivity index (χ4n) is 8.69. The normalized spacial score (nSPS) is 28.2. The van der Waals surface area contributed by atoms with E-state index in [0.29, 0.717) is 54.5 Å².